The Morgan fingerprint density at radius 3 is 2.32 bits per heavy atom. The number of benzene rings is 3. The zero-order chi connectivity index (χ0) is 16.5. The fourth-order valence-corrected chi connectivity index (χ4v) is 3.09. The van der Waals surface area contributed by atoms with Crippen molar-refractivity contribution < 1.29 is 26.5 Å². The predicted molar refractivity (Wildman–Crippen MR) is 93.8 cm³/mol. The average molecular weight is 395 g/mol. The predicted octanol–water partition coefficient (Wildman–Crippen LogP) is 1.24. The van der Waals surface area contributed by atoms with Crippen LogP contribution in [-0.4, -0.2) is 4.92 Å². The van der Waals surface area contributed by atoms with Gasteiger partial charge in [0.1, 0.15) is 0 Å². The van der Waals surface area contributed by atoms with Crippen LogP contribution in [0, 0.1) is 10.1 Å². The molecule has 0 atom stereocenters. The molecule has 0 unspecified atom stereocenters. The van der Waals surface area contributed by atoms with E-state index in [1.54, 1.807) is 12.1 Å². The van der Waals surface area contributed by atoms with Gasteiger partial charge >= 0.3 is 0 Å². The molecule has 0 N–H and O–H groups in total. The number of nitrogens with zero attached hydrogens (tertiary/aromatic N) is 2. The lowest BCUT2D eigenvalue weighted by atomic mass is 10.0. The molecule has 0 saturated carbocycles. The van der Waals surface area contributed by atoms with E-state index in [0.717, 1.165) is 11.1 Å². The third-order valence-corrected chi connectivity index (χ3v) is 4.29. The topological polar surface area (TPSA) is 47.0 Å². The van der Waals surface area contributed by atoms with Gasteiger partial charge in [-0.15, -0.1) is 0 Å². The summed E-state index contributed by atoms with van der Waals surface area (Å²) >= 11 is 0. The number of non-ortho nitro benzene ring substituents is 1. The molecule has 5 heteroatoms. The molecule has 0 saturated heterocycles. The number of nitro groups is 1. The number of halogens is 1. The van der Waals surface area contributed by atoms with Crippen molar-refractivity contribution in [3.05, 3.63) is 94.7 Å². The van der Waals surface area contributed by atoms with Crippen molar-refractivity contribution in [1.29, 1.82) is 0 Å². The number of aromatic nitrogens is 1. The Hall–Kier alpha value is -2.79. The quantitative estimate of drug-likeness (QED) is 0.227. The van der Waals surface area contributed by atoms with Crippen LogP contribution in [-0.2, 0) is 6.54 Å². The van der Waals surface area contributed by atoms with Gasteiger partial charge in [-0.1, -0.05) is 24.3 Å². The summed E-state index contributed by atoms with van der Waals surface area (Å²) in [6, 6.07) is 23.5. The Morgan fingerprint density at radius 1 is 0.840 bits per heavy atom. The van der Waals surface area contributed by atoms with Crippen LogP contribution in [0.25, 0.3) is 21.7 Å². The van der Waals surface area contributed by atoms with E-state index in [0.29, 0.717) is 6.54 Å². The van der Waals surface area contributed by atoms with Gasteiger partial charge in [0.2, 0.25) is 5.52 Å². The molecule has 0 amide bonds. The van der Waals surface area contributed by atoms with Crippen molar-refractivity contribution in [2.75, 3.05) is 0 Å². The SMILES string of the molecule is O=[N+]([O-])c1ccc(C[n+]2cccc3c4ccccc4ccc32)cc1.[Br-]. The minimum atomic E-state index is -0.374. The Morgan fingerprint density at radius 2 is 1.56 bits per heavy atom. The summed E-state index contributed by atoms with van der Waals surface area (Å²) in [7, 11) is 0. The Kier molecular flexibility index (Phi) is 4.76. The van der Waals surface area contributed by atoms with Crippen LogP contribution in [0.5, 0.6) is 0 Å². The summed E-state index contributed by atoms with van der Waals surface area (Å²) in [4.78, 5) is 10.4. The first-order chi connectivity index (χ1) is 11.7. The van der Waals surface area contributed by atoms with Gasteiger partial charge in [-0.2, -0.15) is 4.57 Å². The van der Waals surface area contributed by atoms with Crippen molar-refractivity contribution in [2.24, 2.45) is 0 Å². The van der Waals surface area contributed by atoms with E-state index in [2.05, 4.69) is 41.0 Å². The molecule has 0 aliphatic carbocycles. The van der Waals surface area contributed by atoms with Gasteiger partial charge in [0.15, 0.2) is 12.7 Å². The van der Waals surface area contributed by atoms with E-state index >= 15 is 0 Å². The van der Waals surface area contributed by atoms with Gasteiger partial charge in [0.05, 0.1) is 10.3 Å². The molecule has 4 nitrogen and oxygen atoms in total. The van der Waals surface area contributed by atoms with Crippen LogP contribution in [0.4, 0.5) is 5.69 Å². The van der Waals surface area contributed by atoms with E-state index in [1.807, 2.05) is 30.5 Å². The maximum atomic E-state index is 10.8. The zero-order valence-electron chi connectivity index (χ0n) is 13.3. The summed E-state index contributed by atoms with van der Waals surface area (Å²) in [5, 5.41) is 14.4. The largest absolute Gasteiger partial charge is 1.00 e. The molecule has 1 heterocycles. The fraction of sp³-hybridized carbons (Fsp3) is 0.0500. The van der Waals surface area contributed by atoms with E-state index in [1.165, 1.54) is 16.2 Å². The number of rotatable bonds is 3. The van der Waals surface area contributed by atoms with Crippen molar-refractivity contribution in [1.82, 2.24) is 0 Å². The summed E-state index contributed by atoms with van der Waals surface area (Å²) in [6.07, 6.45) is 2.04. The second-order valence-corrected chi connectivity index (χ2v) is 5.78. The van der Waals surface area contributed by atoms with Crippen LogP contribution in [0.2, 0.25) is 0 Å². The minimum absolute atomic E-state index is 0. The zero-order valence-corrected chi connectivity index (χ0v) is 14.9. The van der Waals surface area contributed by atoms with Crippen LogP contribution >= 0.6 is 0 Å². The first-order valence-corrected chi connectivity index (χ1v) is 7.76. The molecule has 0 radical (unpaired) electrons. The summed E-state index contributed by atoms with van der Waals surface area (Å²) in [6.45, 7) is 0.674. The van der Waals surface area contributed by atoms with Gasteiger partial charge in [0.25, 0.3) is 5.69 Å². The van der Waals surface area contributed by atoms with E-state index in [-0.39, 0.29) is 27.6 Å². The molecule has 0 fully saturated rings. The standard InChI is InChI=1S/C20H15N2O2.BrH/c23-22(24)17-10-7-15(8-11-17)14-21-13-3-6-19-18-5-2-1-4-16(18)9-12-20(19)21;/h1-13H,14H2;1H/q+1;/p-1. The highest BCUT2D eigenvalue weighted by Gasteiger charge is 2.12. The first-order valence-electron chi connectivity index (χ1n) is 7.76. The molecule has 0 bridgehead atoms. The molecule has 0 aliphatic rings. The molecule has 124 valence electrons. The van der Waals surface area contributed by atoms with Crippen molar-refractivity contribution in [3.63, 3.8) is 0 Å². The van der Waals surface area contributed by atoms with Crippen molar-refractivity contribution in [3.8, 4) is 0 Å². The fourth-order valence-electron chi connectivity index (χ4n) is 3.09. The molecular weight excluding hydrogens is 380 g/mol. The number of pyridine rings is 1. The molecular formula is C20H15BrN2O2. The number of hydrogen-bond acceptors (Lipinski definition) is 2. The number of hydrogen-bond donors (Lipinski definition) is 0. The maximum absolute atomic E-state index is 10.8. The molecule has 4 aromatic rings. The monoisotopic (exact) mass is 394 g/mol. The third kappa shape index (κ3) is 3.23. The highest BCUT2D eigenvalue weighted by molar-refractivity contribution is 6.04. The maximum Gasteiger partial charge on any atom is 0.269 e. The van der Waals surface area contributed by atoms with Crippen LogP contribution in [0.15, 0.2) is 79.0 Å². The smallest absolute Gasteiger partial charge is 0.269 e. The highest BCUT2D eigenvalue weighted by Crippen LogP contribution is 2.23. The summed E-state index contributed by atoms with van der Waals surface area (Å²) < 4.78 is 2.17. The number of nitro benzene ring substituents is 1. The molecule has 0 spiro atoms. The van der Waals surface area contributed by atoms with Crippen molar-refractivity contribution >= 4 is 27.4 Å². The normalized spacial score (nSPS) is 10.6. The Labute approximate surface area is 155 Å². The van der Waals surface area contributed by atoms with Gasteiger partial charge in [-0.3, -0.25) is 10.1 Å². The van der Waals surface area contributed by atoms with Gasteiger partial charge in [-0.25, -0.2) is 0 Å². The minimum Gasteiger partial charge on any atom is -1.00 e. The summed E-state index contributed by atoms with van der Waals surface area (Å²) in [5.74, 6) is 0. The third-order valence-electron chi connectivity index (χ3n) is 4.29. The lowest BCUT2D eigenvalue weighted by molar-refractivity contribution is -0.662. The summed E-state index contributed by atoms with van der Waals surface area (Å²) in [5.41, 5.74) is 2.30. The van der Waals surface area contributed by atoms with E-state index in [9.17, 15) is 10.1 Å². The van der Waals surface area contributed by atoms with Gasteiger partial charge < -0.3 is 17.0 Å². The van der Waals surface area contributed by atoms with Crippen molar-refractivity contribution in [2.45, 2.75) is 6.54 Å². The lowest BCUT2D eigenvalue weighted by Gasteiger charge is -2.05. The number of fused-ring (bicyclic) bond motifs is 3. The van der Waals surface area contributed by atoms with E-state index < -0.39 is 0 Å². The van der Waals surface area contributed by atoms with Gasteiger partial charge in [0, 0.05) is 29.8 Å². The second-order valence-electron chi connectivity index (χ2n) is 5.78. The second kappa shape index (κ2) is 6.99. The van der Waals surface area contributed by atoms with Crippen LogP contribution < -0.4 is 21.5 Å². The molecule has 1 aromatic heterocycles. The van der Waals surface area contributed by atoms with Crippen LogP contribution in [0.3, 0.4) is 0 Å². The Bertz CT molecular complexity index is 1060. The molecule has 0 aliphatic heterocycles. The first kappa shape index (κ1) is 17.0. The lowest BCUT2D eigenvalue weighted by Crippen LogP contribution is -3.00. The molecule has 4 rings (SSSR count). The highest BCUT2D eigenvalue weighted by atomic mass is 79.9. The van der Waals surface area contributed by atoms with E-state index in [4.69, 9.17) is 0 Å². The average Bonchev–Trinajstić information content (AvgIpc) is 2.62. The molecule has 25 heavy (non-hydrogen) atoms. The molecule has 3 aromatic carbocycles. The van der Waals surface area contributed by atoms with Crippen LogP contribution in [0.1, 0.15) is 5.56 Å². The Balaban J connectivity index is 0.00000182. The van der Waals surface area contributed by atoms with Gasteiger partial charge in [-0.05, 0) is 35.0 Å².